The summed E-state index contributed by atoms with van der Waals surface area (Å²) in [6.45, 7) is 1.49. The molecule has 1 aromatic heterocycles. The molecule has 2 aromatic rings. The number of aryl methyl sites for hydroxylation is 1. The molecule has 0 fully saturated rings. The van der Waals surface area contributed by atoms with E-state index in [-0.39, 0.29) is 5.69 Å². The highest BCUT2D eigenvalue weighted by atomic mass is 35.5. The molecular formula is C11H9ClN4O2. The molecule has 0 radical (unpaired) electrons. The Labute approximate surface area is 107 Å². The van der Waals surface area contributed by atoms with E-state index < -0.39 is 11.2 Å². The predicted molar refractivity (Wildman–Crippen MR) is 68.3 cm³/mol. The Hall–Kier alpha value is -2.21. The summed E-state index contributed by atoms with van der Waals surface area (Å²) in [5, 5.41) is 10.1. The highest BCUT2D eigenvalue weighted by Crippen LogP contribution is 2.07. The van der Waals surface area contributed by atoms with Crippen molar-refractivity contribution in [2.75, 3.05) is 0 Å². The Morgan fingerprint density at radius 2 is 2.00 bits per heavy atom. The zero-order valence-corrected chi connectivity index (χ0v) is 10.2. The Bertz CT molecular complexity index is 700. The third-order valence-electron chi connectivity index (χ3n) is 2.21. The van der Waals surface area contributed by atoms with Crippen molar-refractivity contribution in [3.63, 3.8) is 0 Å². The SMILES string of the molecule is Cc1n[nH]c(=O)n(/N=C/c2ccc(Cl)cc2)c1=O. The summed E-state index contributed by atoms with van der Waals surface area (Å²) in [4.78, 5) is 23.0. The van der Waals surface area contributed by atoms with Gasteiger partial charge in [-0.15, -0.1) is 4.68 Å². The van der Waals surface area contributed by atoms with E-state index in [1.165, 1.54) is 13.1 Å². The third-order valence-corrected chi connectivity index (χ3v) is 2.46. The summed E-state index contributed by atoms with van der Waals surface area (Å²) < 4.78 is 0.719. The second kappa shape index (κ2) is 4.97. The van der Waals surface area contributed by atoms with Crippen molar-refractivity contribution >= 4 is 17.8 Å². The first-order chi connectivity index (χ1) is 8.58. The van der Waals surface area contributed by atoms with E-state index in [1.807, 2.05) is 0 Å². The molecule has 7 heteroatoms. The lowest BCUT2D eigenvalue weighted by Gasteiger charge is -1.97. The molecule has 18 heavy (non-hydrogen) atoms. The summed E-state index contributed by atoms with van der Waals surface area (Å²) >= 11 is 5.74. The van der Waals surface area contributed by atoms with Crippen LogP contribution in [0.3, 0.4) is 0 Å². The molecule has 0 atom stereocenters. The van der Waals surface area contributed by atoms with Gasteiger partial charge in [-0.25, -0.2) is 9.89 Å². The maximum atomic E-state index is 11.6. The Morgan fingerprint density at radius 1 is 1.33 bits per heavy atom. The quantitative estimate of drug-likeness (QED) is 0.814. The van der Waals surface area contributed by atoms with Gasteiger partial charge in [0.2, 0.25) is 0 Å². The highest BCUT2D eigenvalue weighted by molar-refractivity contribution is 6.30. The van der Waals surface area contributed by atoms with E-state index in [0.29, 0.717) is 5.02 Å². The fourth-order valence-electron chi connectivity index (χ4n) is 1.25. The number of aromatic amines is 1. The molecule has 0 bridgehead atoms. The number of H-pyrrole nitrogens is 1. The molecule has 92 valence electrons. The van der Waals surface area contributed by atoms with Gasteiger partial charge in [-0.2, -0.15) is 10.2 Å². The van der Waals surface area contributed by atoms with Gasteiger partial charge < -0.3 is 0 Å². The molecule has 0 aliphatic rings. The minimum absolute atomic E-state index is 0.169. The lowest BCUT2D eigenvalue weighted by atomic mass is 10.2. The summed E-state index contributed by atoms with van der Waals surface area (Å²) in [7, 11) is 0. The number of aromatic nitrogens is 3. The van der Waals surface area contributed by atoms with Crippen molar-refractivity contribution in [1.82, 2.24) is 14.9 Å². The molecule has 0 saturated carbocycles. The Morgan fingerprint density at radius 3 is 2.67 bits per heavy atom. The molecule has 0 aliphatic heterocycles. The number of halogens is 1. The third kappa shape index (κ3) is 2.54. The van der Waals surface area contributed by atoms with Crippen LogP contribution in [-0.4, -0.2) is 21.1 Å². The van der Waals surface area contributed by atoms with Gasteiger partial charge in [-0.1, -0.05) is 23.7 Å². The smallest absolute Gasteiger partial charge is 0.265 e. The van der Waals surface area contributed by atoms with Crippen LogP contribution < -0.4 is 11.2 Å². The Kier molecular flexibility index (Phi) is 3.38. The molecule has 1 N–H and O–H groups in total. The van der Waals surface area contributed by atoms with Gasteiger partial charge in [0.15, 0.2) is 0 Å². The summed E-state index contributed by atoms with van der Waals surface area (Å²) in [6, 6.07) is 6.82. The van der Waals surface area contributed by atoms with Crippen LogP contribution in [-0.2, 0) is 0 Å². The zero-order valence-electron chi connectivity index (χ0n) is 9.42. The normalized spacial score (nSPS) is 11.0. The van der Waals surface area contributed by atoms with Crippen LogP contribution in [0.5, 0.6) is 0 Å². The molecule has 0 amide bonds. The molecule has 1 aromatic carbocycles. The van der Waals surface area contributed by atoms with Crippen molar-refractivity contribution in [2.45, 2.75) is 6.92 Å². The fraction of sp³-hybridized carbons (Fsp3) is 0.0909. The lowest BCUT2D eigenvalue weighted by Crippen LogP contribution is -2.35. The van der Waals surface area contributed by atoms with Crippen LogP contribution in [0.4, 0.5) is 0 Å². The lowest BCUT2D eigenvalue weighted by molar-refractivity contribution is 0.694. The van der Waals surface area contributed by atoms with Crippen LogP contribution >= 0.6 is 11.6 Å². The van der Waals surface area contributed by atoms with Crippen LogP contribution in [0.25, 0.3) is 0 Å². The summed E-state index contributed by atoms with van der Waals surface area (Å²) in [6.07, 6.45) is 1.40. The maximum Gasteiger partial charge on any atom is 0.365 e. The van der Waals surface area contributed by atoms with Crippen molar-refractivity contribution in [3.05, 3.63) is 61.4 Å². The van der Waals surface area contributed by atoms with E-state index in [0.717, 1.165) is 10.2 Å². The molecule has 1 heterocycles. The van der Waals surface area contributed by atoms with Crippen molar-refractivity contribution in [2.24, 2.45) is 5.10 Å². The number of benzene rings is 1. The number of nitrogens with one attached hydrogen (secondary N) is 1. The molecule has 6 nitrogen and oxygen atoms in total. The first-order valence-corrected chi connectivity index (χ1v) is 5.44. The second-order valence-electron chi connectivity index (χ2n) is 3.53. The van der Waals surface area contributed by atoms with Crippen LogP contribution in [0, 0.1) is 6.92 Å². The van der Waals surface area contributed by atoms with Gasteiger partial charge in [0, 0.05) is 5.02 Å². The molecular weight excluding hydrogens is 256 g/mol. The van der Waals surface area contributed by atoms with E-state index in [1.54, 1.807) is 24.3 Å². The Balaban J connectivity index is 2.41. The average molecular weight is 265 g/mol. The molecule has 0 unspecified atom stereocenters. The highest BCUT2D eigenvalue weighted by Gasteiger charge is 2.02. The van der Waals surface area contributed by atoms with E-state index >= 15 is 0 Å². The van der Waals surface area contributed by atoms with Crippen LogP contribution in [0.1, 0.15) is 11.3 Å². The minimum Gasteiger partial charge on any atom is -0.265 e. The fourth-order valence-corrected chi connectivity index (χ4v) is 1.38. The average Bonchev–Trinajstić information content (AvgIpc) is 2.36. The maximum absolute atomic E-state index is 11.6. The standard InChI is InChI=1S/C11H9ClN4O2/c1-7-10(17)16(11(18)15-14-7)13-6-8-2-4-9(12)5-3-8/h2-6H,1H3,(H,15,18)/b13-6+. The largest absolute Gasteiger partial charge is 0.365 e. The van der Waals surface area contributed by atoms with Gasteiger partial charge in [-0.05, 0) is 24.6 Å². The van der Waals surface area contributed by atoms with Gasteiger partial charge in [0.25, 0.3) is 5.56 Å². The topological polar surface area (TPSA) is 80.1 Å². The van der Waals surface area contributed by atoms with Crippen molar-refractivity contribution in [1.29, 1.82) is 0 Å². The van der Waals surface area contributed by atoms with E-state index in [4.69, 9.17) is 11.6 Å². The molecule has 0 spiro atoms. The van der Waals surface area contributed by atoms with Crippen LogP contribution in [0.2, 0.25) is 5.02 Å². The first-order valence-electron chi connectivity index (χ1n) is 5.06. The molecule has 0 saturated heterocycles. The second-order valence-corrected chi connectivity index (χ2v) is 3.96. The first kappa shape index (κ1) is 12.3. The monoisotopic (exact) mass is 264 g/mol. The van der Waals surface area contributed by atoms with E-state index in [9.17, 15) is 9.59 Å². The van der Waals surface area contributed by atoms with Gasteiger partial charge in [-0.3, -0.25) is 4.79 Å². The number of hydrogen-bond donors (Lipinski definition) is 1. The minimum atomic E-state index is -0.684. The number of hydrogen-bond acceptors (Lipinski definition) is 4. The number of nitrogens with zero attached hydrogens (tertiary/aromatic N) is 3. The zero-order chi connectivity index (χ0) is 13.1. The predicted octanol–water partition coefficient (Wildman–Crippen LogP) is 0.776. The van der Waals surface area contributed by atoms with Gasteiger partial charge in [0.05, 0.1) is 6.21 Å². The van der Waals surface area contributed by atoms with Crippen molar-refractivity contribution in [3.8, 4) is 0 Å². The van der Waals surface area contributed by atoms with Crippen molar-refractivity contribution < 1.29 is 0 Å². The van der Waals surface area contributed by atoms with Gasteiger partial charge >= 0.3 is 5.69 Å². The van der Waals surface area contributed by atoms with E-state index in [2.05, 4.69) is 15.3 Å². The molecule has 0 aliphatic carbocycles. The summed E-state index contributed by atoms with van der Waals surface area (Å²) in [5.41, 5.74) is -0.345. The van der Waals surface area contributed by atoms with Crippen LogP contribution in [0.15, 0.2) is 39.0 Å². The summed E-state index contributed by atoms with van der Waals surface area (Å²) in [5.74, 6) is 0. The molecule has 2 rings (SSSR count). The van der Waals surface area contributed by atoms with Gasteiger partial charge in [0.1, 0.15) is 5.69 Å². The number of rotatable bonds is 2.